The van der Waals surface area contributed by atoms with E-state index in [4.69, 9.17) is 0 Å². The Bertz CT molecular complexity index is 518. The molecule has 0 bridgehead atoms. The summed E-state index contributed by atoms with van der Waals surface area (Å²) >= 11 is 0. The quantitative estimate of drug-likeness (QED) is 0.821. The molecule has 1 aromatic heterocycles. The van der Waals surface area contributed by atoms with Crippen LogP contribution in [-0.4, -0.2) is 49.1 Å². The fraction of sp³-hybridized carbons (Fsp3) is 0.545. The van der Waals surface area contributed by atoms with Crippen molar-refractivity contribution in [1.29, 1.82) is 0 Å². The first-order valence-corrected chi connectivity index (χ1v) is 7.30. The van der Waals surface area contributed by atoms with Crippen molar-refractivity contribution in [2.45, 2.75) is 23.9 Å². The maximum atomic E-state index is 12.5. The van der Waals surface area contributed by atoms with E-state index in [0.717, 1.165) is 6.42 Å². The molecule has 7 heteroatoms. The summed E-state index contributed by atoms with van der Waals surface area (Å²) in [5.74, 6) is 0. The predicted octanol–water partition coefficient (Wildman–Crippen LogP) is 0.269. The van der Waals surface area contributed by atoms with E-state index in [9.17, 15) is 13.5 Å². The number of anilines is 1. The van der Waals surface area contributed by atoms with E-state index in [2.05, 4.69) is 10.3 Å². The zero-order chi connectivity index (χ0) is 13.2. The van der Waals surface area contributed by atoms with Gasteiger partial charge in [0, 0.05) is 25.8 Å². The Labute approximate surface area is 107 Å². The van der Waals surface area contributed by atoms with Crippen molar-refractivity contribution in [3.05, 3.63) is 18.3 Å². The van der Waals surface area contributed by atoms with Crippen LogP contribution in [0.1, 0.15) is 12.8 Å². The number of aliphatic hydroxyl groups is 1. The van der Waals surface area contributed by atoms with E-state index < -0.39 is 10.0 Å². The first-order valence-electron chi connectivity index (χ1n) is 5.86. The Balaban J connectivity index is 2.42. The van der Waals surface area contributed by atoms with Gasteiger partial charge in [-0.1, -0.05) is 0 Å². The average molecular weight is 271 g/mol. The van der Waals surface area contributed by atoms with E-state index in [1.807, 2.05) is 0 Å². The molecule has 0 saturated carbocycles. The lowest BCUT2D eigenvalue weighted by atomic mass is 10.2. The third-order valence-corrected chi connectivity index (χ3v) is 5.04. The molecule has 0 radical (unpaired) electrons. The van der Waals surface area contributed by atoms with Crippen LogP contribution in [0.25, 0.3) is 0 Å². The summed E-state index contributed by atoms with van der Waals surface area (Å²) < 4.78 is 26.3. The summed E-state index contributed by atoms with van der Waals surface area (Å²) in [6.07, 6.45) is 2.92. The second-order valence-electron chi connectivity index (χ2n) is 4.20. The molecule has 100 valence electrons. The van der Waals surface area contributed by atoms with Crippen LogP contribution in [-0.2, 0) is 10.0 Å². The molecular formula is C11H17N3O3S. The lowest BCUT2D eigenvalue weighted by molar-refractivity contribution is 0.213. The minimum absolute atomic E-state index is 0.0212. The van der Waals surface area contributed by atoms with Crippen molar-refractivity contribution in [3.8, 4) is 0 Å². The number of aromatic nitrogens is 1. The molecule has 18 heavy (non-hydrogen) atoms. The molecule has 0 spiro atoms. The van der Waals surface area contributed by atoms with Crippen molar-refractivity contribution in [2.24, 2.45) is 0 Å². The standard InChI is InChI=1S/C11H17N3O3S/c1-12-10-5-2-6-13-11(10)18(16,17)14-7-3-4-9(14)8-15/h2,5-6,9,12,15H,3-4,7-8H2,1H3. The van der Waals surface area contributed by atoms with Gasteiger partial charge in [0.2, 0.25) is 0 Å². The summed E-state index contributed by atoms with van der Waals surface area (Å²) in [4.78, 5) is 3.96. The summed E-state index contributed by atoms with van der Waals surface area (Å²) in [6.45, 7) is 0.286. The molecule has 0 amide bonds. The number of sulfonamides is 1. The normalized spacial score (nSPS) is 21.1. The summed E-state index contributed by atoms with van der Waals surface area (Å²) in [6, 6.07) is 3.02. The van der Waals surface area contributed by atoms with E-state index in [1.54, 1.807) is 19.2 Å². The van der Waals surface area contributed by atoms with Crippen LogP contribution in [0.4, 0.5) is 5.69 Å². The minimum Gasteiger partial charge on any atom is -0.395 e. The van der Waals surface area contributed by atoms with Gasteiger partial charge in [0.25, 0.3) is 10.0 Å². The molecule has 1 aliphatic heterocycles. The second-order valence-corrected chi connectivity index (χ2v) is 6.01. The van der Waals surface area contributed by atoms with Crippen molar-refractivity contribution in [2.75, 3.05) is 25.5 Å². The van der Waals surface area contributed by atoms with Crippen molar-refractivity contribution < 1.29 is 13.5 Å². The SMILES string of the molecule is CNc1cccnc1S(=O)(=O)N1CCCC1CO. The van der Waals surface area contributed by atoms with E-state index in [0.29, 0.717) is 18.7 Å². The fourth-order valence-corrected chi connectivity index (χ4v) is 4.00. The summed E-state index contributed by atoms with van der Waals surface area (Å²) in [7, 11) is -1.99. The molecule has 2 heterocycles. The molecule has 2 rings (SSSR count). The third kappa shape index (κ3) is 2.21. The first kappa shape index (κ1) is 13.3. The molecule has 1 aliphatic rings. The molecule has 0 aromatic carbocycles. The predicted molar refractivity (Wildman–Crippen MR) is 67.8 cm³/mol. The van der Waals surface area contributed by atoms with E-state index in [1.165, 1.54) is 10.5 Å². The smallest absolute Gasteiger partial charge is 0.262 e. The summed E-state index contributed by atoms with van der Waals surface area (Å²) in [5, 5.41) is 12.1. The van der Waals surface area contributed by atoms with Crippen LogP contribution in [0, 0.1) is 0 Å². The van der Waals surface area contributed by atoms with Crippen LogP contribution in [0.15, 0.2) is 23.4 Å². The second kappa shape index (κ2) is 5.21. The van der Waals surface area contributed by atoms with Gasteiger partial charge in [-0.25, -0.2) is 13.4 Å². The van der Waals surface area contributed by atoms with E-state index in [-0.39, 0.29) is 17.7 Å². The maximum Gasteiger partial charge on any atom is 0.262 e. The third-order valence-electron chi connectivity index (χ3n) is 3.13. The van der Waals surface area contributed by atoms with Gasteiger partial charge >= 0.3 is 0 Å². The highest BCUT2D eigenvalue weighted by Crippen LogP contribution is 2.28. The molecule has 1 aromatic rings. The van der Waals surface area contributed by atoms with Gasteiger partial charge < -0.3 is 10.4 Å². The molecular weight excluding hydrogens is 254 g/mol. The number of hydrogen-bond acceptors (Lipinski definition) is 5. The number of pyridine rings is 1. The first-order chi connectivity index (χ1) is 8.61. The number of aliphatic hydroxyl groups excluding tert-OH is 1. The molecule has 1 fully saturated rings. The highest BCUT2D eigenvalue weighted by molar-refractivity contribution is 7.89. The Morgan fingerprint density at radius 1 is 1.61 bits per heavy atom. The van der Waals surface area contributed by atoms with Gasteiger partial charge in [-0.3, -0.25) is 0 Å². The van der Waals surface area contributed by atoms with Crippen molar-refractivity contribution in [1.82, 2.24) is 9.29 Å². The number of rotatable bonds is 4. The summed E-state index contributed by atoms with van der Waals surface area (Å²) in [5.41, 5.74) is 0.473. The highest BCUT2D eigenvalue weighted by Gasteiger charge is 2.36. The fourth-order valence-electron chi connectivity index (χ4n) is 2.21. The molecule has 1 saturated heterocycles. The Morgan fingerprint density at radius 2 is 2.39 bits per heavy atom. The van der Waals surface area contributed by atoms with Crippen LogP contribution in [0.2, 0.25) is 0 Å². The Kier molecular flexibility index (Phi) is 3.84. The Morgan fingerprint density at radius 3 is 3.06 bits per heavy atom. The van der Waals surface area contributed by atoms with Gasteiger partial charge in [0.15, 0.2) is 5.03 Å². The molecule has 6 nitrogen and oxygen atoms in total. The van der Waals surface area contributed by atoms with Gasteiger partial charge in [0.1, 0.15) is 0 Å². The van der Waals surface area contributed by atoms with Gasteiger partial charge in [-0.2, -0.15) is 4.31 Å². The van der Waals surface area contributed by atoms with Crippen molar-refractivity contribution >= 4 is 15.7 Å². The monoisotopic (exact) mass is 271 g/mol. The molecule has 2 N–H and O–H groups in total. The zero-order valence-corrected chi connectivity index (χ0v) is 11.0. The number of nitrogens with one attached hydrogen (secondary N) is 1. The average Bonchev–Trinajstić information content (AvgIpc) is 2.87. The Hall–Kier alpha value is -1.18. The van der Waals surface area contributed by atoms with Crippen molar-refractivity contribution in [3.63, 3.8) is 0 Å². The van der Waals surface area contributed by atoms with E-state index >= 15 is 0 Å². The highest BCUT2D eigenvalue weighted by atomic mass is 32.2. The zero-order valence-electron chi connectivity index (χ0n) is 10.2. The van der Waals surface area contributed by atoms with Gasteiger partial charge in [-0.05, 0) is 25.0 Å². The van der Waals surface area contributed by atoms with Crippen LogP contribution in [0.3, 0.4) is 0 Å². The molecule has 1 atom stereocenters. The van der Waals surface area contributed by atoms with Crippen LogP contribution >= 0.6 is 0 Å². The number of hydrogen-bond donors (Lipinski definition) is 2. The topological polar surface area (TPSA) is 82.5 Å². The van der Waals surface area contributed by atoms with Gasteiger partial charge in [0.05, 0.1) is 12.3 Å². The number of nitrogens with zero attached hydrogens (tertiary/aromatic N) is 2. The minimum atomic E-state index is -3.64. The lowest BCUT2D eigenvalue weighted by Crippen LogP contribution is -2.38. The molecule has 0 aliphatic carbocycles. The molecule has 1 unspecified atom stereocenters. The largest absolute Gasteiger partial charge is 0.395 e. The maximum absolute atomic E-state index is 12.5. The van der Waals surface area contributed by atoms with Crippen LogP contribution in [0.5, 0.6) is 0 Å². The lowest BCUT2D eigenvalue weighted by Gasteiger charge is -2.22. The van der Waals surface area contributed by atoms with Crippen LogP contribution < -0.4 is 5.32 Å². The van der Waals surface area contributed by atoms with Gasteiger partial charge in [-0.15, -0.1) is 0 Å².